The standard InChI is InChI=1S/C20H19FN2O3/c1-14-11-22(12-15-5-9-18(26-2)10-6-15)20(25)23(19(14)24)13-16-3-7-17(21)8-4-16/h3-11H,12-13H2,1-2H3. The summed E-state index contributed by atoms with van der Waals surface area (Å²) in [5.41, 5.74) is 1.33. The Balaban J connectivity index is 1.96. The van der Waals surface area contributed by atoms with Gasteiger partial charge in [0.1, 0.15) is 11.6 Å². The Morgan fingerprint density at radius 3 is 2.12 bits per heavy atom. The molecular formula is C20H19FN2O3. The van der Waals surface area contributed by atoms with Crippen LogP contribution in [0, 0.1) is 12.7 Å². The molecule has 5 nitrogen and oxygen atoms in total. The fraction of sp³-hybridized carbons (Fsp3) is 0.200. The number of rotatable bonds is 5. The summed E-state index contributed by atoms with van der Waals surface area (Å²) in [7, 11) is 1.59. The van der Waals surface area contributed by atoms with Gasteiger partial charge in [-0.05, 0) is 42.3 Å². The van der Waals surface area contributed by atoms with Crippen LogP contribution in [-0.2, 0) is 13.1 Å². The molecule has 0 fully saturated rings. The van der Waals surface area contributed by atoms with Gasteiger partial charge in [-0.25, -0.2) is 9.18 Å². The minimum atomic E-state index is -0.402. The Morgan fingerprint density at radius 2 is 1.50 bits per heavy atom. The zero-order valence-electron chi connectivity index (χ0n) is 14.6. The van der Waals surface area contributed by atoms with Crippen LogP contribution < -0.4 is 16.0 Å². The normalized spacial score (nSPS) is 10.7. The van der Waals surface area contributed by atoms with E-state index in [1.54, 1.807) is 32.4 Å². The van der Waals surface area contributed by atoms with Crippen LogP contribution in [0.15, 0.2) is 64.3 Å². The summed E-state index contributed by atoms with van der Waals surface area (Å²) >= 11 is 0. The number of hydrogen-bond acceptors (Lipinski definition) is 3. The van der Waals surface area contributed by atoms with Crippen molar-refractivity contribution in [2.75, 3.05) is 7.11 Å². The molecule has 0 amide bonds. The lowest BCUT2D eigenvalue weighted by Crippen LogP contribution is -2.41. The van der Waals surface area contributed by atoms with Gasteiger partial charge in [0.25, 0.3) is 5.56 Å². The van der Waals surface area contributed by atoms with Crippen LogP contribution in [0.2, 0.25) is 0 Å². The van der Waals surface area contributed by atoms with Gasteiger partial charge in [0.2, 0.25) is 0 Å². The third-order valence-electron chi connectivity index (χ3n) is 4.17. The Kier molecular flexibility index (Phi) is 5.02. The molecule has 0 saturated heterocycles. The highest BCUT2D eigenvalue weighted by molar-refractivity contribution is 5.27. The number of aromatic nitrogens is 2. The largest absolute Gasteiger partial charge is 0.497 e. The highest BCUT2D eigenvalue weighted by Gasteiger charge is 2.10. The number of benzene rings is 2. The lowest BCUT2D eigenvalue weighted by atomic mass is 10.2. The SMILES string of the molecule is COc1ccc(Cn2cc(C)c(=O)n(Cc3ccc(F)cc3)c2=O)cc1. The lowest BCUT2D eigenvalue weighted by Gasteiger charge is -2.12. The summed E-state index contributed by atoms with van der Waals surface area (Å²) in [4.78, 5) is 25.2. The van der Waals surface area contributed by atoms with E-state index in [0.29, 0.717) is 17.7 Å². The monoisotopic (exact) mass is 354 g/mol. The first-order valence-corrected chi connectivity index (χ1v) is 8.16. The molecule has 3 rings (SSSR count). The second-order valence-corrected chi connectivity index (χ2v) is 6.09. The van der Waals surface area contributed by atoms with E-state index in [0.717, 1.165) is 11.3 Å². The van der Waals surface area contributed by atoms with Gasteiger partial charge in [-0.15, -0.1) is 0 Å². The molecule has 0 radical (unpaired) electrons. The molecule has 134 valence electrons. The molecule has 0 saturated carbocycles. The molecule has 6 heteroatoms. The predicted octanol–water partition coefficient (Wildman–Crippen LogP) is 2.56. The molecule has 0 aliphatic heterocycles. The maximum Gasteiger partial charge on any atom is 0.331 e. The van der Waals surface area contributed by atoms with Crippen molar-refractivity contribution in [3.8, 4) is 5.75 Å². The molecule has 26 heavy (non-hydrogen) atoms. The molecule has 0 bridgehead atoms. The minimum Gasteiger partial charge on any atom is -0.497 e. The van der Waals surface area contributed by atoms with Gasteiger partial charge >= 0.3 is 5.69 Å². The first kappa shape index (κ1) is 17.7. The fourth-order valence-electron chi connectivity index (χ4n) is 2.75. The van der Waals surface area contributed by atoms with E-state index in [1.807, 2.05) is 24.3 Å². The number of methoxy groups -OCH3 is 1. The van der Waals surface area contributed by atoms with Crippen LogP contribution in [0.3, 0.4) is 0 Å². The van der Waals surface area contributed by atoms with Crippen molar-refractivity contribution in [1.29, 1.82) is 0 Å². The molecule has 0 spiro atoms. The summed E-state index contributed by atoms with van der Waals surface area (Å²) < 4.78 is 20.9. The maximum absolute atomic E-state index is 13.1. The van der Waals surface area contributed by atoms with E-state index in [-0.39, 0.29) is 17.9 Å². The Bertz CT molecular complexity index is 1020. The van der Waals surface area contributed by atoms with Crippen LogP contribution in [0.4, 0.5) is 4.39 Å². The van der Waals surface area contributed by atoms with Crippen molar-refractivity contribution < 1.29 is 9.13 Å². The number of hydrogen-bond donors (Lipinski definition) is 0. The molecular weight excluding hydrogens is 335 g/mol. The van der Waals surface area contributed by atoms with Crippen LogP contribution >= 0.6 is 0 Å². The van der Waals surface area contributed by atoms with Crippen molar-refractivity contribution in [2.24, 2.45) is 0 Å². The molecule has 0 N–H and O–H groups in total. The van der Waals surface area contributed by atoms with Crippen LogP contribution in [0.1, 0.15) is 16.7 Å². The summed E-state index contributed by atoms with van der Waals surface area (Å²) in [6.07, 6.45) is 1.57. The highest BCUT2D eigenvalue weighted by atomic mass is 19.1. The van der Waals surface area contributed by atoms with Gasteiger partial charge < -0.3 is 4.74 Å². The molecule has 0 unspecified atom stereocenters. The summed E-state index contributed by atoms with van der Waals surface area (Å²) in [6, 6.07) is 13.1. The van der Waals surface area contributed by atoms with Crippen LogP contribution in [-0.4, -0.2) is 16.2 Å². The van der Waals surface area contributed by atoms with Crippen molar-refractivity contribution in [3.63, 3.8) is 0 Å². The van der Waals surface area contributed by atoms with E-state index in [1.165, 1.54) is 21.3 Å². The topological polar surface area (TPSA) is 53.2 Å². The van der Waals surface area contributed by atoms with E-state index in [9.17, 15) is 14.0 Å². The molecule has 0 aliphatic carbocycles. The first-order chi connectivity index (χ1) is 12.5. The maximum atomic E-state index is 13.1. The van der Waals surface area contributed by atoms with E-state index in [2.05, 4.69) is 0 Å². The van der Waals surface area contributed by atoms with Gasteiger partial charge in [0.15, 0.2) is 0 Å². The van der Waals surface area contributed by atoms with Crippen molar-refractivity contribution in [1.82, 2.24) is 9.13 Å². The van der Waals surface area contributed by atoms with Crippen molar-refractivity contribution >= 4 is 0 Å². The lowest BCUT2D eigenvalue weighted by molar-refractivity contribution is 0.414. The number of halogens is 1. The molecule has 0 aliphatic rings. The van der Waals surface area contributed by atoms with Gasteiger partial charge in [0.05, 0.1) is 20.2 Å². The number of aryl methyl sites for hydroxylation is 1. The van der Waals surface area contributed by atoms with E-state index in [4.69, 9.17) is 4.74 Å². The van der Waals surface area contributed by atoms with Gasteiger partial charge in [0, 0.05) is 11.8 Å². The first-order valence-electron chi connectivity index (χ1n) is 8.16. The molecule has 1 heterocycles. The van der Waals surface area contributed by atoms with Crippen LogP contribution in [0.5, 0.6) is 5.75 Å². The number of ether oxygens (including phenoxy) is 1. The second-order valence-electron chi connectivity index (χ2n) is 6.09. The van der Waals surface area contributed by atoms with E-state index < -0.39 is 5.69 Å². The third kappa shape index (κ3) is 3.74. The summed E-state index contributed by atoms with van der Waals surface area (Å²) in [5, 5.41) is 0. The second kappa shape index (κ2) is 7.39. The van der Waals surface area contributed by atoms with Gasteiger partial charge in [-0.2, -0.15) is 0 Å². The van der Waals surface area contributed by atoms with E-state index >= 15 is 0 Å². The minimum absolute atomic E-state index is 0.0994. The Morgan fingerprint density at radius 1 is 0.923 bits per heavy atom. The average Bonchev–Trinajstić information content (AvgIpc) is 2.65. The summed E-state index contributed by atoms with van der Waals surface area (Å²) in [5.74, 6) is 0.376. The van der Waals surface area contributed by atoms with Crippen LogP contribution in [0.25, 0.3) is 0 Å². The van der Waals surface area contributed by atoms with Crippen molar-refractivity contribution in [2.45, 2.75) is 20.0 Å². The smallest absolute Gasteiger partial charge is 0.331 e. The zero-order valence-corrected chi connectivity index (χ0v) is 14.6. The molecule has 3 aromatic rings. The summed E-state index contributed by atoms with van der Waals surface area (Å²) in [6.45, 7) is 2.11. The Labute approximate surface area is 149 Å². The fourth-order valence-corrected chi connectivity index (χ4v) is 2.75. The highest BCUT2D eigenvalue weighted by Crippen LogP contribution is 2.12. The predicted molar refractivity (Wildman–Crippen MR) is 97.3 cm³/mol. The van der Waals surface area contributed by atoms with Gasteiger partial charge in [-0.3, -0.25) is 13.9 Å². The average molecular weight is 354 g/mol. The molecule has 1 aromatic heterocycles. The molecule has 2 aromatic carbocycles. The zero-order chi connectivity index (χ0) is 18.7. The van der Waals surface area contributed by atoms with Gasteiger partial charge in [-0.1, -0.05) is 24.3 Å². The quantitative estimate of drug-likeness (QED) is 0.708. The third-order valence-corrected chi connectivity index (χ3v) is 4.17. The molecule has 0 atom stereocenters. The Hall–Kier alpha value is -3.15. The van der Waals surface area contributed by atoms with Crippen molar-refractivity contribution in [3.05, 3.63) is 98.1 Å². The number of nitrogens with zero attached hydrogens (tertiary/aromatic N) is 2.